The highest BCUT2D eigenvalue weighted by atomic mass is 32.2. The van der Waals surface area contributed by atoms with Crippen LogP contribution < -0.4 is 0 Å². The van der Waals surface area contributed by atoms with Gasteiger partial charge >= 0.3 is 0 Å². The zero-order valence-electron chi connectivity index (χ0n) is 16.6. The van der Waals surface area contributed by atoms with E-state index in [4.69, 9.17) is 0 Å². The molecule has 0 radical (unpaired) electrons. The minimum absolute atomic E-state index is 0.112. The second-order valence-electron chi connectivity index (χ2n) is 6.87. The zero-order chi connectivity index (χ0) is 21.8. The molecule has 0 aliphatic rings. The molecule has 2 heterocycles. The Bertz CT molecular complexity index is 1200. The summed E-state index contributed by atoms with van der Waals surface area (Å²) in [5, 5.41) is 8.59. The van der Waals surface area contributed by atoms with Crippen LogP contribution in [0.3, 0.4) is 0 Å². The topological polar surface area (TPSA) is 60.7 Å². The zero-order valence-corrected chi connectivity index (χ0v) is 17.4. The van der Waals surface area contributed by atoms with Gasteiger partial charge in [-0.3, -0.25) is 14.3 Å². The minimum Gasteiger partial charge on any atom is -0.297 e. The molecule has 1 atom stereocenters. The highest BCUT2D eigenvalue weighted by Gasteiger charge is 2.23. The van der Waals surface area contributed by atoms with Gasteiger partial charge in [0.25, 0.3) is 0 Å². The molecule has 0 N–H and O–H groups in total. The molecular formula is C23H18F2N4OS. The van der Waals surface area contributed by atoms with Crippen LogP contribution in [-0.4, -0.2) is 30.8 Å². The molecule has 31 heavy (non-hydrogen) atoms. The molecule has 0 spiro atoms. The monoisotopic (exact) mass is 436 g/mol. The third kappa shape index (κ3) is 4.69. The van der Waals surface area contributed by atoms with Gasteiger partial charge in [-0.1, -0.05) is 42.1 Å². The lowest BCUT2D eigenvalue weighted by Gasteiger charge is -2.13. The fourth-order valence-corrected chi connectivity index (χ4v) is 4.01. The summed E-state index contributed by atoms with van der Waals surface area (Å²) < 4.78 is 28.7. The number of carbonyl (C=O) groups excluding carboxylic acids is 1. The number of hydrogen-bond donors (Lipinski definition) is 0. The number of halogens is 2. The van der Waals surface area contributed by atoms with Crippen molar-refractivity contribution in [1.82, 2.24) is 19.7 Å². The number of thioether (sulfide) groups is 1. The Hall–Kier alpha value is -3.39. The molecule has 0 bridgehead atoms. The lowest BCUT2D eigenvalue weighted by molar-refractivity contribution is 0.0993. The first-order chi connectivity index (χ1) is 15.0. The molecule has 0 saturated carbocycles. The van der Waals surface area contributed by atoms with E-state index in [-0.39, 0.29) is 11.3 Å². The molecule has 0 aliphatic heterocycles. The SMILES string of the molecule is CC(Sc1nnc(-c2cccnc2)n1Cc1ccccc1)C(=O)c1ccc(F)c(F)c1. The van der Waals surface area contributed by atoms with Crippen molar-refractivity contribution in [2.45, 2.75) is 23.9 Å². The molecule has 4 rings (SSSR count). The molecular weight excluding hydrogens is 418 g/mol. The molecule has 0 saturated heterocycles. The summed E-state index contributed by atoms with van der Waals surface area (Å²) >= 11 is 1.22. The second-order valence-corrected chi connectivity index (χ2v) is 8.18. The molecule has 0 aliphatic carbocycles. The average molecular weight is 436 g/mol. The van der Waals surface area contributed by atoms with E-state index in [0.29, 0.717) is 17.5 Å². The van der Waals surface area contributed by atoms with E-state index in [9.17, 15) is 13.6 Å². The van der Waals surface area contributed by atoms with Gasteiger partial charge in [0.05, 0.1) is 11.8 Å². The van der Waals surface area contributed by atoms with E-state index in [1.54, 1.807) is 19.3 Å². The van der Waals surface area contributed by atoms with Crippen LogP contribution in [0.4, 0.5) is 8.78 Å². The van der Waals surface area contributed by atoms with Crippen molar-refractivity contribution >= 4 is 17.5 Å². The maximum Gasteiger partial charge on any atom is 0.192 e. The molecule has 0 fully saturated rings. The third-order valence-electron chi connectivity index (χ3n) is 4.68. The number of aromatic nitrogens is 4. The summed E-state index contributed by atoms with van der Waals surface area (Å²) in [4.78, 5) is 16.9. The van der Waals surface area contributed by atoms with E-state index in [0.717, 1.165) is 23.3 Å². The minimum atomic E-state index is -1.05. The fraction of sp³-hybridized carbons (Fsp3) is 0.130. The highest BCUT2D eigenvalue weighted by Crippen LogP contribution is 2.29. The van der Waals surface area contributed by atoms with Gasteiger partial charge in [0.15, 0.2) is 28.4 Å². The van der Waals surface area contributed by atoms with Gasteiger partial charge in [-0.2, -0.15) is 0 Å². The average Bonchev–Trinajstić information content (AvgIpc) is 3.18. The summed E-state index contributed by atoms with van der Waals surface area (Å²) in [5.41, 5.74) is 1.96. The van der Waals surface area contributed by atoms with Crippen LogP contribution >= 0.6 is 11.8 Å². The number of benzene rings is 2. The number of ketones is 1. The van der Waals surface area contributed by atoms with Crippen molar-refractivity contribution in [3.05, 3.63) is 95.8 Å². The Labute approximate surface area is 182 Å². The molecule has 1 unspecified atom stereocenters. The summed E-state index contributed by atoms with van der Waals surface area (Å²) in [7, 11) is 0. The van der Waals surface area contributed by atoms with Gasteiger partial charge in [0.1, 0.15) is 0 Å². The van der Waals surface area contributed by atoms with Gasteiger partial charge in [-0.25, -0.2) is 8.78 Å². The largest absolute Gasteiger partial charge is 0.297 e. The van der Waals surface area contributed by atoms with E-state index in [2.05, 4.69) is 15.2 Å². The number of carbonyl (C=O) groups is 1. The number of nitrogens with zero attached hydrogens (tertiary/aromatic N) is 4. The molecule has 156 valence electrons. The van der Waals surface area contributed by atoms with Crippen LogP contribution in [0.5, 0.6) is 0 Å². The predicted octanol–water partition coefficient (Wildman–Crippen LogP) is 5.03. The van der Waals surface area contributed by atoms with Crippen molar-refractivity contribution in [3.8, 4) is 11.4 Å². The number of pyridine rings is 1. The molecule has 2 aromatic heterocycles. The lowest BCUT2D eigenvalue weighted by atomic mass is 10.1. The molecule has 4 aromatic rings. The van der Waals surface area contributed by atoms with E-state index in [1.807, 2.05) is 47.0 Å². The summed E-state index contributed by atoms with van der Waals surface area (Å²) in [6.07, 6.45) is 3.38. The van der Waals surface area contributed by atoms with Crippen molar-refractivity contribution < 1.29 is 13.6 Å². The van der Waals surface area contributed by atoms with Crippen molar-refractivity contribution in [3.63, 3.8) is 0 Å². The van der Waals surface area contributed by atoms with Gasteiger partial charge in [0.2, 0.25) is 0 Å². The molecule has 8 heteroatoms. The Morgan fingerprint density at radius 2 is 1.84 bits per heavy atom. The number of Topliss-reactive ketones (excluding diaryl/α,β-unsaturated/α-hetero) is 1. The first kappa shape index (κ1) is 20.9. The highest BCUT2D eigenvalue weighted by molar-refractivity contribution is 8.00. The van der Waals surface area contributed by atoms with E-state index < -0.39 is 16.9 Å². The van der Waals surface area contributed by atoms with Gasteiger partial charge < -0.3 is 0 Å². The Morgan fingerprint density at radius 3 is 2.55 bits per heavy atom. The van der Waals surface area contributed by atoms with Gasteiger partial charge in [-0.15, -0.1) is 10.2 Å². The normalized spacial score (nSPS) is 12.0. The van der Waals surface area contributed by atoms with Crippen molar-refractivity contribution in [2.24, 2.45) is 0 Å². The first-order valence-corrected chi connectivity index (χ1v) is 10.4. The quantitative estimate of drug-likeness (QED) is 0.300. The third-order valence-corrected chi connectivity index (χ3v) is 5.76. The Morgan fingerprint density at radius 1 is 1.03 bits per heavy atom. The Balaban J connectivity index is 1.65. The predicted molar refractivity (Wildman–Crippen MR) is 115 cm³/mol. The van der Waals surface area contributed by atoms with E-state index in [1.165, 1.54) is 17.8 Å². The van der Waals surface area contributed by atoms with Crippen LogP contribution in [0.15, 0.2) is 78.2 Å². The maximum absolute atomic E-state index is 13.6. The van der Waals surface area contributed by atoms with Crippen LogP contribution in [0.25, 0.3) is 11.4 Å². The maximum atomic E-state index is 13.6. The van der Waals surface area contributed by atoms with Crippen LogP contribution in [0.1, 0.15) is 22.8 Å². The van der Waals surface area contributed by atoms with Crippen molar-refractivity contribution in [2.75, 3.05) is 0 Å². The number of hydrogen-bond acceptors (Lipinski definition) is 5. The summed E-state index contributed by atoms with van der Waals surface area (Å²) in [6.45, 7) is 2.21. The smallest absolute Gasteiger partial charge is 0.192 e. The molecule has 5 nitrogen and oxygen atoms in total. The first-order valence-electron chi connectivity index (χ1n) is 9.56. The van der Waals surface area contributed by atoms with Gasteiger partial charge in [0, 0.05) is 23.5 Å². The summed E-state index contributed by atoms with van der Waals surface area (Å²) in [6, 6.07) is 16.7. The second kappa shape index (κ2) is 9.18. The fourth-order valence-electron chi connectivity index (χ4n) is 3.09. The van der Waals surface area contributed by atoms with Crippen molar-refractivity contribution in [1.29, 1.82) is 0 Å². The van der Waals surface area contributed by atoms with E-state index >= 15 is 0 Å². The lowest BCUT2D eigenvalue weighted by Crippen LogP contribution is -2.15. The molecule has 2 aromatic carbocycles. The van der Waals surface area contributed by atoms with Gasteiger partial charge in [-0.05, 0) is 42.8 Å². The number of rotatable bonds is 7. The molecule has 0 amide bonds. The van der Waals surface area contributed by atoms with Crippen LogP contribution in [0, 0.1) is 11.6 Å². The Kier molecular flexibility index (Phi) is 6.18. The summed E-state index contributed by atoms with van der Waals surface area (Å²) in [5.74, 6) is -1.72. The standard InChI is InChI=1S/C23H18F2N4OS/c1-15(21(30)17-9-10-19(24)20(25)12-17)31-23-28-27-22(18-8-5-11-26-13-18)29(23)14-16-6-3-2-4-7-16/h2-13,15H,14H2,1H3. The van der Waals surface area contributed by atoms with Crippen LogP contribution in [-0.2, 0) is 6.54 Å². The van der Waals surface area contributed by atoms with Crippen LogP contribution in [0.2, 0.25) is 0 Å².